The summed E-state index contributed by atoms with van der Waals surface area (Å²) in [6.07, 6.45) is 0.941. The molecule has 0 saturated carbocycles. The van der Waals surface area contributed by atoms with Crippen LogP contribution in [0, 0.1) is 0 Å². The lowest BCUT2D eigenvalue weighted by atomic mass is 10.1. The van der Waals surface area contributed by atoms with Crippen LogP contribution in [0.2, 0.25) is 0 Å². The van der Waals surface area contributed by atoms with E-state index < -0.39 is 0 Å². The molecule has 0 unspecified atom stereocenters. The molecule has 0 saturated heterocycles. The van der Waals surface area contributed by atoms with Crippen LogP contribution >= 0.6 is 0 Å². The first kappa shape index (κ1) is 17.0. The number of carbonyl (C=O) groups is 1. The molecule has 122 valence electrons. The van der Waals surface area contributed by atoms with E-state index in [4.69, 9.17) is 4.74 Å². The van der Waals surface area contributed by atoms with E-state index >= 15 is 0 Å². The third-order valence-corrected chi connectivity index (χ3v) is 3.76. The number of ether oxygens (including phenoxy) is 1. The van der Waals surface area contributed by atoms with Crippen LogP contribution in [0.1, 0.15) is 12.5 Å². The normalized spacial score (nSPS) is 10.6. The average Bonchev–Trinajstić information content (AvgIpc) is 2.60. The number of nitrogens with one attached hydrogen (secondary N) is 1. The van der Waals surface area contributed by atoms with Crippen molar-refractivity contribution in [3.63, 3.8) is 0 Å². The van der Waals surface area contributed by atoms with E-state index in [-0.39, 0.29) is 5.91 Å². The van der Waals surface area contributed by atoms with Crippen molar-refractivity contribution in [3.05, 3.63) is 60.2 Å². The number of rotatable bonds is 8. The van der Waals surface area contributed by atoms with Crippen LogP contribution in [0.15, 0.2) is 54.6 Å². The summed E-state index contributed by atoms with van der Waals surface area (Å²) in [6, 6.07) is 17.8. The first-order chi connectivity index (χ1) is 11.2. The molecule has 0 spiro atoms. The second-order valence-corrected chi connectivity index (χ2v) is 5.35. The molecule has 2 aromatic carbocycles. The molecule has 1 amide bonds. The summed E-state index contributed by atoms with van der Waals surface area (Å²) >= 11 is 0. The van der Waals surface area contributed by atoms with Crippen molar-refractivity contribution in [2.24, 2.45) is 0 Å². The molecule has 0 aromatic heterocycles. The van der Waals surface area contributed by atoms with E-state index in [1.54, 1.807) is 7.11 Å². The number of hydrogen-bond donors (Lipinski definition) is 1. The van der Waals surface area contributed by atoms with Crippen molar-refractivity contribution in [1.82, 2.24) is 4.90 Å². The topological polar surface area (TPSA) is 41.6 Å². The highest BCUT2D eigenvalue weighted by molar-refractivity contribution is 5.93. The van der Waals surface area contributed by atoms with Gasteiger partial charge in [-0.05, 0) is 30.7 Å². The smallest absolute Gasteiger partial charge is 0.238 e. The summed E-state index contributed by atoms with van der Waals surface area (Å²) in [6.45, 7) is 4.15. The zero-order chi connectivity index (χ0) is 16.5. The van der Waals surface area contributed by atoms with Gasteiger partial charge < -0.3 is 10.1 Å². The number of benzene rings is 2. The molecule has 2 aromatic rings. The van der Waals surface area contributed by atoms with Crippen LogP contribution in [0.25, 0.3) is 0 Å². The summed E-state index contributed by atoms with van der Waals surface area (Å²) in [7, 11) is 1.60. The van der Waals surface area contributed by atoms with Crippen LogP contribution in [0.5, 0.6) is 5.75 Å². The van der Waals surface area contributed by atoms with Gasteiger partial charge in [-0.1, -0.05) is 49.4 Å². The minimum absolute atomic E-state index is 0.0237. The van der Waals surface area contributed by atoms with E-state index in [9.17, 15) is 4.79 Å². The molecular formula is C19H24N2O2. The maximum absolute atomic E-state index is 12.3. The molecular weight excluding hydrogens is 288 g/mol. The monoisotopic (exact) mass is 312 g/mol. The fourth-order valence-electron chi connectivity index (χ4n) is 2.42. The van der Waals surface area contributed by atoms with Crippen molar-refractivity contribution < 1.29 is 9.53 Å². The van der Waals surface area contributed by atoms with E-state index in [1.165, 1.54) is 5.56 Å². The fraction of sp³-hybridized carbons (Fsp3) is 0.316. The van der Waals surface area contributed by atoms with Gasteiger partial charge in [-0.25, -0.2) is 0 Å². The number of anilines is 1. The molecule has 0 aliphatic rings. The summed E-state index contributed by atoms with van der Waals surface area (Å²) < 4.78 is 5.25. The maximum Gasteiger partial charge on any atom is 0.238 e. The second-order valence-electron chi connectivity index (χ2n) is 5.35. The van der Waals surface area contributed by atoms with Gasteiger partial charge in [0.25, 0.3) is 0 Å². The largest absolute Gasteiger partial charge is 0.495 e. The molecule has 0 bridgehead atoms. The van der Waals surface area contributed by atoms with E-state index in [0.29, 0.717) is 18.0 Å². The minimum atomic E-state index is -0.0237. The highest BCUT2D eigenvalue weighted by atomic mass is 16.5. The van der Waals surface area contributed by atoms with E-state index in [1.807, 2.05) is 42.5 Å². The molecule has 4 nitrogen and oxygen atoms in total. The van der Waals surface area contributed by atoms with Gasteiger partial charge in [0.05, 0.1) is 19.3 Å². The Morgan fingerprint density at radius 2 is 1.78 bits per heavy atom. The summed E-state index contributed by atoms with van der Waals surface area (Å²) in [5, 5.41) is 2.92. The number of likely N-dealkylation sites (N-methyl/N-ethyl adjacent to an activating group) is 1. The van der Waals surface area contributed by atoms with Crippen LogP contribution in [0.4, 0.5) is 5.69 Å². The maximum atomic E-state index is 12.3. The Kier molecular flexibility index (Phi) is 6.63. The Morgan fingerprint density at radius 1 is 1.09 bits per heavy atom. The van der Waals surface area contributed by atoms with E-state index in [2.05, 4.69) is 29.3 Å². The quantitative estimate of drug-likeness (QED) is 0.814. The molecule has 0 fully saturated rings. The molecule has 4 heteroatoms. The number of para-hydroxylation sites is 2. The molecule has 0 heterocycles. The third kappa shape index (κ3) is 5.42. The highest BCUT2D eigenvalue weighted by Crippen LogP contribution is 2.22. The zero-order valence-corrected chi connectivity index (χ0v) is 13.8. The Bertz CT molecular complexity index is 614. The first-order valence-corrected chi connectivity index (χ1v) is 7.92. The summed E-state index contributed by atoms with van der Waals surface area (Å²) in [5.74, 6) is 0.651. The average molecular weight is 312 g/mol. The lowest BCUT2D eigenvalue weighted by Gasteiger charge is -2.20. The molecule has 2 rings (SSSR count). The summed E-state index contributed by atoms with van der Waals surface area (Å²) in [5.41, 5.74) is 2.00. The Hall–Kier alpha value is -2.33. The standard InChI is InChI=1S/C19H24N2O2/c1-3-21(14-13-16-9-5-4-6-10-16)15-19(22)20-17-11-7-8-12-18(17)23-2/h4-12H,3,13-15H2,1-2H3,(H,20,22). The van der Waals surface area contributed by atoms with Gasteiger partial charge in [0.1, 0.15) is 5.75 Å². The molecule has 0 radical (unpaired) electrons. The van der Waals surface area contributed by atoms with Crippen molar-refractivity contribution in [2.75, 3.05) is 32.1 Å². The van der Waals surface area contributed by atoms with Crippen molar-refractivity contribution in [3.8, 4) is 5.75 Å². The van der Waals surface area contributed by atoms with Gasteiger partial charge in [0.15, 0.2) is 0 Å². The van der Waals surface area contributed by atoms with Gasteiger partial charge in [0.2, 0.25) is 5.91 Å². The number of amides is 1. The van der Waals surface area contributed by atoms with Crippen LogP contribution in [0.3, 0.4) is 0 Å². The number of methoxy groups -OCH3 is 1. The predicted octanol–water partition coefficient (Wildman–Crippen LogP) is 3.20. The van der Waals surface area contributed by atoms with Crippen molar-refractivity contribution in [2.45, 2.75) is 13.3 Å². The Labute approximate surface area is 138 Å². The van der Waals surface area contributed by atoms with Gasteiger partial charge >= 0.3 is 0 Å². The molecule has 0 aliphatic carbocycles. The van der Waals surface area contributed by atoms with Crippen molar-refractivity contribution in [1.29, 1.82) is 0 Å². The van der Waals surface area contributed by atoms with Gasteiger partial charge in [0, 0.05) is 6.54 Å². The Balaban J connectivity index is 1.87. The molecule has 0 atom stereocenters. The lowest BCUT2D eigenvalue weighted by molar-refractivity contribution is -0.117. The van der Waals surface area contributed by atoms with Crippen LogP contribution in [-0.4, -0.2) is 37.6 Å². The number of hydrogen-bond acceptors (Lipinski definition) is 3. The number of nitrogens with zero attached hydrogens (tertiary/aromatic N) is 1. The van der Waals surface area contributed by atoms with Crippen LogP contribution in [-0.2, 0) is 11.2 Å². The molecule has 23 heavy (non-hydrogen) atoms. The Morgan fingerprint density at radius 3 is 2.48 bits per heavy atom. The zero-order valence-electron chi connectivity index (χ0n) is 13.8. The van der Waals surface area contributed by atoms with Gasteiger partial charge in [-0.15, -0.1) is 0 Å². The van der Waals surface area contributed by atoms with E-state index in [0.717, 1.165) is 19.5 Å². The minimum Gasteiger partial charge on any atom is -0.495 e. The van der Waals surface area contributed by atoms with Gasteiger partial charge in [-0.3, -0.25) is 9.69 Å². The molecule has 0 aliphatic heterocycles. The second kappa shape index (κ2) is 8.96. The van der Waals surface area contributed by atoms with Crippen molar-refractivity contribution >= 4 is 11.6 Å². The van der Waals surface area contributed by atoms with Crippen LogP contribution < -0.4 is 10.1 Å². The summed E-state index contributed by atoms with van der Waals surface area (Å²) in [4.78, 5) is 14.4. The SMILES string of the molecule is CCN(CCc1ccccc1)CC(=O)Nc1ccccc1OC. The third-order valence-electron chi connectivity index (χ3n) is 3.76. The lowest BCUT2D eigenvalue weighted by Crippen LogP contribution is -2.34. The fourth-order valence-corrected chi connectivity index (χ4v) is 2.42. The van der Waals surface area contributed by atoms with Gasteiger partial charge in [-0.2, -0.15) is 0 Å². The molecule has 1 N–H and O–H groups in total. The highest BCUT2D eigenvalue weighted by Gasteiger charge is 2.11. The number of carbonyl (C=O) groups excluding carboxylic acids is 1. The predicted molar refractivity (Wildman–Crippen MR) is 93.9 cm³/mol. The first-order valence-electron chi connectivity index (χ1n) is 7.92.